The number of aromatic nitrogens is 1. The summed E-state index contributed by atoms with van der Waals surface area (Å²) >= 11 is 1.32. The average molecular weight is 228 g/mol. The highest BCUT2D eigenvalue weighted by Gasteiger charge is 2.18. The van der Waals surface area contributed by atoms with Gasteiger partial charge in [-0.1, -0.05) is 6.92 Å². The Hall–Kier alpha value is -1.10. The number of nitrogens with one attached hydrogen (secondary N) is 1. The van der Waals surface area contributed by atoms with E-state index in [-0.39, 0.29) is 5.97 Å². The molecule has 1 aromatic heterocycles. The summed E-state index contributed by atoms with van der Waals surface area (Å²) < 4.78 is 9.16. The lowest BCUT2D eigenvalue weighted by molar-refractivity contribution is 0.0527. The van der Waals surface area contributed by atoms with E-state index in [0.29, 0.717) is 18.0 Å². The molecule has 84 valence electrons. The van der Waals surface area contributed by atoms with Crippen LogP contribution in [0.5, 0.6) is 0 Å². The highest BCUT2D eigenvalue weighted by Crippen LogP contribution is 2.23. The van der Waals surface area contributed by atoms with Crippen LogP contribution < -0.4 is 5.32 Å². The van der Waals surface area contributed by atoms with E-state index in [1.165, 1.54) is 11.5 Å². The zero-order chi connectivity index (χ0) is 11.3. The van der Waals surface area contributed by atoms with Gasteiger partial charge in [0.15, 0.2) is 5.82 Å². The number of rotatable bonds is 5. The van der Waals surface area contributed by atoms with E-state index < -0.39 is 0 Å². The smallest absolute Gasteiger partial charge is 0.343 e. The van der Waals surface area contributed by atoms with Crippen LogP contribution in [0.1, 0.15) is 35.5 Å². The molecular weight excluding hydrogens is 212 g/mol. The summed E-state index contributed by atoms with van der Waals surface area (Å²) in [6, 6.07) is 0. The fraction of sp³-hybridized carbons (Fsp3) is 0.600. The number of nitrogens with zero attached hydrogens (tertiary/aromatic N) is 1. The maximum absolute atomic E-state index is 11.6. The van der Waals surface area contributed by atoms with Gasteiger partial charge in [0.25, 0.3) is 0 Å². The third-order valence-electron chi connectivity index (χ3n) is 1.88. The minimum atomic E-state index is -0.289. The van der Waals surface area contributed by atoms with Gasteiger partial charge in [-0.3, -0.25) is 0 Å². The van der Waals surface area contributed by atoms with Gasteiger partial charge in [0.2, 0.25) is 0 Å². The van der Waals surface area contributed by atoms with Gasteiger partial charge in [0.05, 0.1) is 6.61 Å². The summed E-state index contributed by atoms with van der Waals surface area (Å²) in [6.45, 7) is 6.94. The molecule has 0 fully saturated rings. The van der Waals surface area contributed by atoms with Crippen LogP contribution in [0.15, 0.2) is 0 Å². The third kappa shape index (κ3) is 2.92. The second-order valence-corrected chi connectivity index (χ2v) is 4.09. The van der Waals surface area contributed by atoms with Gasteiger partial charge in [-0.05, 0) is 31.8 Å². The molecule has 1 N–H and O–H groups in total. The van der Waals surface area contributed by atoms with Gasteiger partial charge in [-0.25, -0.2) is 4.79 Å². The van der Waals surface area contributed by atoms with E-state index in [0.717, 1.165) is 17.8 Å². The second kappa shape index (κ2) is 5.70. The Morgan fingerprint density at radius 2 is 2.27 bits per heavy atom. The quantitative estimate of drug-likeness (QED) is 0.786. The Kier molecular flexibility index (Phi) is 4.55. The minimum Gasteiger partial charge on any atom is -0.462 e. The van der Waals surface area contributed by atoms with Crippen molar-refractivity contribution in [2.45, 2.75) is 27.2 Å². The first kappa shape index (κ1) is 12.0. The number of carbonyl (C=O) groups excluding carboxylic acids is 1. The monoisotopic (exact) mass is 228 g/mol. The average Bonchev–Trinajstić information content (AvgIpc) is 2.57. The van der Waals surface area contributed by atoms with Gasteiger partial charge in [0.1, 0.15) is 5.56 Å². The Morgan fingerprint density at radius 1 is 1.53 bits per heavy atom. The second-order valence-electron chi connectivity index (χ2n) is 3.11. The van der Waals surface area contributed by atoms with Crippen LogP contribution in [0.25, 0.3) is 0 Å². The maximum atomic E-state index is 11.6. The van der Waals surface area contributed by atoms with Gasteiger partial charge < -0.3 is 10.1 Å². The van der Waals surface area contributed by atoms with Crippen molar-refractivity contribution >= 4 is 23.3 Å². The predicted octanol–water partition coefficient (Wildman–Crippen LogP) is 2.45. The molecule has 0 bridgehead atoms. The fourth-order valence-electron chi connectivity index (χ4n) is 1.18. The van der Waals surface area contributed by atoms with E-state index in [2.05, 4.69) is 16.6 Å². The van der Waals surface area contributed by atoms with Crippen molar-refractivity contribution < 1.29 is 9.53 Å². The number of hydrogen-bond donors (Lipinski definition) is 1. The molecule has 1 aromatic rings. The number of ether oxygens (including phenoxy) is 1. The SMILES string of the molecule is CCCNc1nsc(C)c1C(=O)OCC. The van der Waals surface area contributed by atoms with E-state index >= 15 is 0 Å². The lowest BCUT2D eigenvalue weighted by Crippen LogP contribution is -2.10. The van der Waals surface area contributed by atoms with E-state index in [1.54, 1.807) is 6.92 Å². The lowest BCUT2D eigenvalue weighted by Gasteiger charge is -2.05. The summed E-state index contributed by atoms with van der Waals surface area (Å²) in [6.07, 6.45) is 0.999. The first-order valence-corrected chi connectivity index (χ1v) is 5.85. The summed E-state index contributed by atoms with van der Waals surface area (Å²) in [4.78, 5) is 12.5. The summed E-state index contributed by atoms with van der Waals surface area (Å²) in [5.74, 6) is 0.361. The van der Waals surface area contributed by atoms with Crippen molar-refractivity contribution in [3.8, 4) is 0 Å². The standard InChI is InChI=1S/C10H16N2O2S/c1-4-6-11-9-8(7(3)15-12-9)10(13)14-5-2/h4-6H2,1-3H3,(H,11,12). The first-order chi connectivity index (χ1) is 7.20. The van der Waals surface area contributed by atoms with Crippen LogP contribution >= 0.6 is 11.5 Å². The van der Waals surface area contributed by atoms with E-state index in [9.17, 15) is 4.79 Å². The Balaban J connectivity index is 2.83. The molecule has 0 spiro atoms. The van der Waals surface area contributed by atoms with Crippen molar-refractivity contribution in [2.75, 3.05) is 18.5 Å². The van der Waals surface area contributed by atoms with E-state index in [1.807, 2.05) is 6.92 Å². The van der Waals surface area contributed by atoms with Crippen molar-refractivity contribution in [1.82, 2.24) is 4.37 Å². The van der Waals surface area contributed by atoms with Gasteiger partial charge in [-0.15, -0.1) is 0 Å². The van der Waals surface area contributed by atoms with Gasteiger partial charge in [0, 0.05) is 11.4 Å². The third-order valence-corrected chi connectivity index (χ3v) is 2.64. The summed E-state index contributed by atoms with van der Waals surface area (Å²) in [5.41, 5.74) is 0.579. The molecule has 0 saturated heterocycles. The van der Waals surface area contributed by atoms with Crippen LogP contribution in [0.4, 0.5) is 5.82 Å². The normalized spacial score (nSPS) is 10.1. The largest absolute Gasteiger partial charge is 0.462 e. The zero-order valence-electron chi connectivity index (χ0n) is 9.29. The highest BCUT2D eigenvalue weighted by molar-refractivity contribution is 7.06. The van der Waals surface area contributed by atoms with Gasteiger partial charge in [-0.2, -0.15) is 4.37 Å². The van der Waals surface area contributed by atoms with Crippen molar-refractivity contribution in [3.63, 3.8) is 0 Å². The molecular formula is C10H16N2O2S. The van der Waals surface area contributed by atoms with Gasteiger partial charge >= 0.3 is 5.97 Å². The molecule has 0 saturated carbocycles. The fourth-order valence-corrected chi connectivity index (χ4v) is 1.84. The highest BCUT2D eigenvalue weighted by atomic mass is 32.1. The van der Waals surface area contributed by atoms with Crippen molar-refractivity contribution in [2.24, 2.45) is 0 Å². The molecule has 1 rings (SSSR count). The van der Waals surface area contributed by atoms with Crippen molar-refractivity contribution in [3.05, 3.63) is 10.4 Å². The predicted molar refractivity (Wildman–Crippen MR) is 61.6 cm³/mol. The van der Waals surface area contributed by atoms with Crippen LogP contribution in [0.2, 0.25) is 0 Å². The topological polar surface area (TPSA) is 51.2 Å². The van der Waals surface area contributed by atoms with Crippen molar-refractivity contribution in [1.29, 1.82) is 0 Å². The Bertz CT molecular complexity index is 336. The lowest BCUT2D eigenvalue weighted by atomic mass is 10.2. The molecule has 0 unspecified atom stereocenters. The molecule has 1 heterocycles. The Morgan fingerprint density at radius 3 is 2.87 bits per heavy atom. The molecule has 0 amide bonds. The first-order valence-electron chi connectivity index (χ1n) is 5.07. The molecule has 0 aromatic carbocycles. The van der Waals surface area contributed by atoms with Crippen LogP contribution in [0.3, 0.4) is 0 Å². The van der Waals surface area contributed by atoms with Crippen LogP contribution in [-0.4, -0.2) is 23.5 Å². The van der Waals surface area contributed by atoms with Crippen LogP contribution in [-0.2, 0) is 4.74 Å². The molecule has 15 heavy (non-hydrogen) atoms. The maximum Gasteiger partial charge on any atom is 0.343 e. The molecule has 0 atom stereocenters. The molecule has 4 nitrogen and oxygen atoms in total. The number of aryl methyl sites for hydroxylation is 1. The zero-order valence-corrected chi connectivity index (χ0v) is 10.1. The molecule has 0 aliphatic heterocycles. The summed E-state index contributed by atoms with van der Waals surface area (Å²) in [5, 5.41) is 3.12. The summed E-state index contributed by atoms with van der Waals surface area (Å²) in [7, 11) is 0. The number of esters is 1. The molecule has 0 aliphatic carbocycles. The molecule has 5 heteroatoms. The number of anilines is 1. The Labute approximate surface area is 93.8 Å². The number of carbonyl (C=O) groups is 1. The van der Waals surface area contributed by atoms with E-state index in [4.69, 9.17) is 4.74 Å². The van der Waals surface area contributed by atoms with Crippen LogP contribution in [0, 0.1) is 6.92 Å². The number of hydrogen-bond acceptors (Lipinski definition) is 5. The molecule has 0 radical (unpaired) electrons. The molecule has 0 aliphatic rings. The minimum absolute atomic E-state index is 0.289.